The van der Waals surface area contributed by atoms with Crippen molar-refractivity contribution in [2.45, 2.75) is 25.3 Å². The molecule has 92 valence electrons. The molecule has 0 aromatic carbocycles. The molecule has 5 heteroatoms. The summed E-state index contributed by atoms with van der Waals surface area (Å²) in [5, 5.41) is 3.01. The Hall–Kier alpha value is -1.62. The van der Waals surface area contributed by atoms with Crippen molar-refractivity contribution in [3.63, 3.8) is 0 Å². The van der Waals surface area contributed by atoms with Gasteiger partial charge in [-0.2, -0.15) is 0 Å². The lowest BCUT2D eigenvalue weighted by molar-refractivity contribution is 0.0423. The van der Waals surface area contributed by atoms with Gasteiger partial charge in [0.05, 0.1) is 5.56 Å². The van der Waals surface area contributed by atoms with Crippen LogP contribution in [0.4, 0.5) is 5.69 Å². The van der Waals surface area contributed by atoms with Gasteiger partial charge in [-0.15, -0.1) is 0 Å². The molecule has 17 heavy (non-hydrogen) atoms. The van der Waals surface area contributed by atoms with E-state index in [-0.39, 0.29) is 11.4 Å². The van der Waals surface area contributed by atoms with Crippen LogP contribution in [0.5, 0.6) is 0 Å². The number of hydrogen-bond acceptors (Lipinski definition) is 4. The molecule has 1 saturated heterocycles. The summed E-state index contributed by atoms with van der Waals surface area (Å²) < 4.78 is 5.29. The first-order valence-corrected chi connectivity index (χ1v) is 5.70. The van der Waals surface area contributed by atoms with Crippen LogP contribution in [-0.2, 0) is 4.74 Å². The fourth-order valence-corrected chi connectivity index (χ4v) is 1.88. The average Bonchev–Trinajstić information content (AvgIpc) is 2.29. The third kappa shape index (κ3) is 2.74. The van der Waals surface area contributed by atoms with Crippen LogP contribution in [0.1, 0.15) is 30.1 Å². The Balaban J connectivity index is 2.09. The van der Waals surface area contributed by atoms with Crippen molar-refractivity contribution in [1.29, 1.82) is 0 Å². The molecule has 0 saturated carbocycles. The standard InChI is InChI=1S/C12H17N3O2/c1-12(3-6-17-7-4-12)15-11(16)9-8-14-5-2-10(9)13/h2,5,8H,3-4,6-7H2,1H3,(H2,13,14)(H,15,16). The highest BCUT2D eigenvalue weighted by molar-refractivity contribution is 5.99. The molecule has 1 amide bonds. The van der Waals surface area contributed by atoms with Crippen LogP contribution in [0.2, 0.25) is 0 Å². The normalized spacial score (nSPS) is 18.6. The Morgan fingerprint density at radius 3 is 2.88 bits per heavy atom. The molecule has 0 atom stereocenters. The number of hydrogen-bond donors (Lipinski definition) is 2. The van der Waals surface area contributed by atoms with Crippen molar-refractivity contribution in [1.82, 2.24) is 10.3 Å². The molecule has 1 fully saturated rings. The number of anilines is 1. The van der Waals surface area contributed by atoms with E-state index in [0.717, 1.165) is 12.8 Å². The molecular weight excluding hydrogens is 218 g/mol. The van der Waals surface area contributed by atoms with Crippen molar-refractivity contribution in [3.8, 4) is 0 Å². The van der Waals surface area contributed by atoms with Gasteiger partial charge in [-0.05, 0) is 25.8 Å². The second-order valence-electron chi connectivity index (χ2n) is 4.59. The zero-order valence-corrected chi connectivity index (χ0v) is 9.90. The second-order valence-corrected chi connectivity index (χ2v) is 4.59. The molecule has 2 rings (SSSR count). The summed E-state index contributed by atoms with van der Waals surface area (Å²) in [6.45, 7) is 3.39. The number of aromatic nitrogens is 1. The molecule has 0 unspecified atom stereocenters. The molecule has 5 nitrogen and oxygen atoms in total. The van der Waals surface area contributed by atoms with Crippen molar-refractivity contribution < 1.29 is 9.53 Å². The van der Waals surface area contributed by atoms with Gasteiger partial charge < -0.3 is 15.8 Å². The number of carbonyl (C=O) groups excluding carboxylic acids is 1. The van der Waals surface area contributed by atoms with E-state index in [1.54, 1.807) is 12.3 Å². The van der Waals surface area contributed by atoms with Crippen molar-refractivity contribution in [2.75, 3.05) is 18.9 Å². The molecule has 0 aliphatic carbocycles. The van der Waals surface area contributed by atoms with Gasteiger partial charge in [0, 0.05) is 36.8 Å². The minimum Gasteiger partial charge on any atom is -0.398 e. The summed E-state index contributed by atoms with van der Waals surface area (Å²) in [6, 6.07) is 1.63. The Labute approximate surface area is 100 Å². The Morgan fingerprint density at radius 1 is 1.53 bits per heavy atom. The van der Waals surface area contributed by atoms with E-state index in [1.165, 1.54) is 6.20 Å². The summed E-state index contributed by atoms with van der Waals surface area (Å²) in [4.78, 5) is 16.0. The molecule has 1 aliphatic heterocycles. The topological polar surface area (TPSA) is 77.2 Å². The van der Waals surface area contributed by atoms with E-state index in [2.05, 4.69) is 10.3 Å². The number of nitrogens with zero attached hydrogens (tertiary/aromatic N) is 1. The largest absolute Gasteiger partial charge is 0.398 e. The number of nitrogens with one attached hydrogen (secondary N) is 1. The lowest BCUT2D eigenvalue weighted by atomic mass is 9.92. The fraction of sp³-hybridized carbons (Fsp3) is 0.500. The zero-order valence-electron chi connectivity index (χ0n) is 9.90. The molecule has 3 N–H and O–H groups in total. The van der Waals surface area contributed by atoms with Crippen LogP contribution >= 0.6 is 0 Å². The lowest BCUT2D eigenvalue weighted by Gasteiger charge is -2.34. The number of ether oxygens (including phenoxy) is 1. The number of amides is 1. The van der Waals surface area contributed by atoms with E-state index in [0.29, 0.717) is 24.5 Å². The second kappa shape index (κ2) is 4.71. The van der Waals surface area contributed by atoms with E-state index < -0.39 is 0 Å². The van der Waals surface area contributed by atoms with Crippen molar-refractivity contribution in [2.24, 2.45) is 0 Å². The first kappa shape index (κ1) is 11.9. The van der Waals surface area contributed by atoms with E-state index in [4.69, 9.17) is 10.5 Å². The van der Waals surface area contributed by atoms with E-state index in [1.807, 2.05) is 6.92 Å². The molecule has 0 radical (unpaired) electrons. The molecule has 1 aromatic heterocycles. The first-order chi connectivity index (χ1) is 8.11. The van der Waals surface area contributed by atoms with Crippen LogP contribution in [0.3, 0.4) is 0 Å². The highest BCUT2D eigenvalue weighted by Gasteiger charge is 2.29. The van der Waals surface area contributed by atoms with Gasteiger partial charge in [-0.3, -0.25) is 9.78 Å². The average molecular weight is 235 g/mol. The number of nitrogen functional groups attached to an aromatic ring is 1. The number of pyridine rings is 1. The maximum absolute atomic E-state index is 12.1. The van der Waals surface area contributed by atoms with E-state index >= 15 is 0 Å². The van der Waals surface area contributed by atoms with Crippen molar-refractivity contribution in [3.05, 3.63) is 24.0 Å². The predicted molar refractivity (Wildman–Crippen MR) is 64.6 cm³/mol. The van der Waals surface area contributed by atoms with Crippen LogP contribution in [-0.4, -0.2) is 29.6 Å². The number of carbonyl (C=O) groups is 1. The van der Waals surface area contributed by atoms with Crippen LogP contribution in [0, 0.1) is 0 Å². The van der Waals surface area contributed by atoms with Gasteiger partial charge in [0.15, 0.2) is 0 Å². The van der Waals surface area contributed by atoms with Crippen LogP contribution in [0.15, 0.2) is 18.5 Å². The van der Waals surface area contributed by atoms with Crippen LogP contribution < -0.4 is 11.1 Å². The predicted octanol–water partition coefficient (Wildman–Crippen LogP) is 0.963. The highest BCUT2D eigenvalue weighted by Crippen LogP contribution is 2.21. The fourth-order valence-electron chi connectivity index (χ4n) is 1.88. The third-order valence-electron chi connectivity index (χ3n) is 3.11. The smallest absolute Gasteiger partial charge is 0.255 e. The first-order valence-electron chi connectivity index (χ1n) is 5.70. The molecule has 2 heterocycles. The zero-order chi connectivity index (χ0) is 12.3. The monoisotopic (exact) mass is 235 g/mol. The number of rotatable bonds is 2. The summed E-state index contributed by atoms with van der Waals surface area (Å²) >= 11 is 0. The maximum Gasteiger partial charge on any atom is 0.255 e. The molecule has 0 spiro atoms. The van der Waals surface area contributed by atoms with Gasteiger partial charge in [0.2, 0.25) is 0 Å². The summed E-state index contributed by atoms with van der Waals surface area (Å²) in [5.74, 6) is -0.167. The summed E-state index contributed by atoms with van der Waals surface area (Å²) in [6.07, 6.45) is 4.70. The molecule has 1 aliphatic rings. The highest BCUT2D eigenvalue weighted by atomic mass is 16.5. The minimum absolute atomic E-state index is 0.167. The minimum atomic E-state index is -0.211. The molecule has 0 bridgehead atoms. The Kier molecular flexibility index (Phi) is 3.28. The van der Waals surface area contributed by atoms with Crippen LogP contribution in [0.25, 0.3) is 0 Å². The quantitative estimate of drug-likeness (QED) is 0.800. The third-order valence-corrected chi connectivity index (χ3v) is 3.11. The van der Waals surface area contributed by atoms with Gasteiger partial charge in [0.1, 0.15) is 0 Å². The molecular formula is C12H17N3O2. The lowest BCUT2D eigenvalue weighted by Crippen LogP contribution is -2.49. The Bertz CT molecular complexity index is 414. The summed E-state index contributed by atoms with van der Waals surface area (Å²) in [5.41, 5.74) is 6.42. The SMILES string of the molecule is CC1(NC(=O)c2cnccc2N)CCOCC1. The van der Waals surface area contributed by atoms with Gasteiger partial charge in [0.25, 0.3) is 5.91 Å². The molecule has 1 aromatic rings. The Morgan fingerprint density at radius 2 is 2.24 bits per heavy atom. The summed E-state index contributed by atoms with van der Waals surface area (Å²) in [7, 11) is 0. The van der Waals surface area contributed by atoms with E-state index in [9.17, 15) is 4.79 Å². The van der Waals surface area contributed by atoms with Gasteiger partial charge in [-0.1, -0.05) is 0 Å². The number of nitrogens with two attached hydrogens (primary N) is 1. The van der Waals surface area contributed by atoms with Gasteiger partial charge >= 0.3 is 0 Å². The van der Waals surface area contributed by atoms with Crippen molar-refractivity contribution >= 4 is 11.6 Å². The maximum atomic E-state index is 12.1. The van der Waals surface area contributed by atoms with Gasteiger partial charge in [-0.25, -0.2) is 0 Å².